The fraction of sp³-hybridized carbons (Fsp3) is 0.143. The van der Waals surface area contributed by atoms with Crippen LogP contribution in [0, 0.1) is 0 Å². The summed E-state index contributed by atoms with van der Waals surface area (Å²) < 4.78 is 4.09. The highest BCUT2D eigenvalue weighted by molar-refractivity contribution is 9.10. The van der Waals surface area contributed by atoms with Gasteiger partial charge in [0.2, 0.25) is 3.79 Å². The summed E-state index contributed by atoms with van der Waals surface area (Å²) in [7, 11) is 0. The van der Waals surface area contributed by atoms with Crippen LogP contribution in [-0.2, 0) is 0 Å². The third-order valence-electron chi connectivity index (χ3n) is 2.73. The largest absolute Gasteiger partial charge is 0.459 e. The summed E-state index contributed by atoms with van der Waals surface area (Å²) >= 11 is 26.2. The number of alkyl halides is 3. The van der Waals surface area contributed by atoms with Gasteiger partial charge in [-0.25, -0.2) is 0 Å². The molecule has 0 unspecified atom stereocenters. The lowest BCUT2D eigenvalue weighted by atomic mass is 10.3. The van der Waals surface area contributed by atoms with Gasteiger partial charge in [-0.3, -0.25) is 4.79 Å². The molecule has 0 saturated carbocycles. The Hall–Kier alpha value is -0.990. The molecule has 2 aromatic rings. The van der Waals surface area contributed by atoms with E-state index in [1.54, 1.807) is 6.07 Å². The Labute approximate surface area is 167 Å². The number of thiocarbonyl (C=S) groups is 1. The minimum Gasteiger partial charge on any atom is -0.459 e. The van der Waals surface area contributed by atoms with Crippen LogP contribution in [0.15, 0.2) is 51.6 Å². The second-order valence-electron chi connectivity index (χ2n) is 4.53. The van der Waals surface area contributed by atoms with E-state index in [1.807, 2.05) is 24.3 Å². The molecule has 0 spiro atoms. The number of rotatable bonds is 4. The number of hydrogen-bond acceptors (Lipinski definition) is 3. The van der Waals surface area contributed by atoms with E-state index in [9.17, 15) is 4.79 Å². The Kier molecular flexibility index (Phi) is 6.77. The molecule has 128 valence electrons. The van der Waals surface area contributed by atoms with Gasteiger partial charge in [-0.15, -0.1) is 0 Å². The monoisotopic (exact) mass is 469 g/mol. The van der Waals surface area contributed by atoms with Gasteiger partial charge in [0, 0.05) is 10.2 Å². The number of carbonyl (C=O) groups is 1. The van der Waals surface area contributed by atoms with Crippen molar-refractivity contribution in [3.8, 4) is 0 Å². The molecule has 0 fully saturated rings. The Morgan fingerprint density at radius 3 is 2.38 bits per heavy atom. The van der Waals surface area contributed by atoms with E-state index in [-0.39, 0.29) is 10.9 Å². The first-order valence-electron chi connectivity index (χ1n) is 6.50. The molecule has 2 rings (SSSR count). The smallest absolute Gasteiger partial charge is 0.288 e. The minimum atomic E-state index is -1.84. The Balaban J connectivity index is 2.01. The molecule has 10 heteroatoms. The van der Waals surface area contributed by atoms with Crippen molar-refractivity contribution >= 4 is 79.7 Å². The first-order chi connectivity index (χ1) is 11.3. The average molecular weight is 472 g/mol. The molecule has 0 aliphatic rings. The molecule has 24 heavy (non-hydrogen) atoms. The van der Waals surface area contributed by atoms with E-state index >= 15 is 0 Å². The van der Waals surface area contributed by atoms with Gasteiger partial charge in [0.05, 0.1) is 6.26 Å². The predicted octanol–water partition coefficient (Wildman–Crippen LogP) is 4.45. The Morgan fingerprint density at radius 1 is 1.17 bits per heavy atom. The summed E-state index contributed by atoms with van der Waals surface area (Å²) in [5, 5.41) is 8.37. The van der Waals surface area contributed by atoms with Gasteiger partial charge in [-0.05, 0) is 48.6 Å². The maximum Gasteiger partial charge on any atom is 0.288 e. The number of carbonyl (C=O) groups excluding carboxylic acids is 1. The van der Waals surface area contributed by atoms with Gasteiger partial charge >= 0.3 is 0 Å². The van der Waals surface area contributed by atoms with Crippen LogP contribution in [0.2, 0.25) is 0 Å². The van der Waals surface area contributed by atoms with E-state index in [0.717, 1.165) is 10.2 Å². The van der Waals surface area contributed by atoms with Crippen molar-refractivity contribution in [2.75, 3.05) is 5.32 Å². The van der Waals surface area contributed by atoms with Gasteiger partial charge in [-0.1, -0.05) is 50.7 Å². The predicted molar refractivity (Wildman–Crippen MR) is 104 cm³/mol. The summed E-state index contributed by atoms with van der Waals surface area (Å²) in [5.41, 5.74) is 0.733. The van der Waals surface area contributed by atoms with E-state index < -0.39 is 15.9 Å². The maximum absolute atomic E-state index is 12.1. The maximum atomic E-state index is 12.1. The molecule has 0 bridgehead atoms. The fourth-order valence-electron chi connectivity index (χ4n) is 1.64. The first kappa shape index (κ1) is 19.3. The SMILES string of the molecule is O=C(N[C@H](NC(=S)Nc1ccc(Br)cc1)C(Cl)(Cl)Cl)c1ccco1. The number of hydrogen-bond donors (Lipinski definition) is 3. The summed E-state index contributed by atoms with van der Waals surface area (Å²) in [5.74, 6) is -0.460. The summed E-state index contributed by atoms with van der Waals surface area (Å²) in [6.45, 7) is 0. The minimum absolute atomic E-state index is 0.0860. The van der Waals surface area contributed by atoms with Crippen LogP contribution in [0.1, 0.15) is 10.6 Å². The molecule has 1 aromatic heterocycles. The summed E-state index contributed by atoms with van der Waals surface area (Å²) in [6.07, 6.45) is 0.294. The molecule has 3 N–H and O–H groups in total. The lowest BCUT2D eigenvalue weighted by Gasteiger charge is -2.27. The van der Waals surface area contributed by atoms with Crippen molar-refractivity contribution in [3.05, 3.63) is 52.9 Å². The summed E-state index contributed by atoms with van der Waals surface area (Å²) in [6, 6.07) is 10.4. The second-order valence-corrected chi connectivity index (χ2v) is 8.22. The van der Waals surface area contributed by atoms with E-state index in [0.29, 0.717) is 0 Å². The van der Waals surface area contributed by atoms with Crippen LogP contribution in [0.3, 0.4) is 0 Å². The molecule has 1 amide bonds. The quantitative estimate of drug-likeness (QED) is 0.349. The zero-order chi connectivity index (χ0) is 17.7. The lowest BCUT2D eigenvalue weighted by Crippen LogP contribution is -2.56. The molecule has 0 radical (unpaired) electrons. The average Bonchev–Trinajstić information content (AvgIpc) is 3.02. The molecular formula is C14H11BrCl3N3O2S. The van der Waals surface area contributed by atoms with Gasteiger partial charge < -0.3 is 20.4 Å². The number of furan rings is 1. The summed E-state index contributed by atoms with van der Waals surface area (Å²) in [4.78, 5) is 12.1. The zero-order valence-corrected chi connectivity index (χ0v) is 16.5. The van der Waals surface area contributed by atoms with Crippen LogP contribution < -0.4 is 16.0 Å². The highest BCUT2D eigenvalue weighted by Crippen LogP contribution is 2.29. The molecule has 5 nitrogen and oxygen atoms in total. The van der Waals surface area contributed by atoms with E-state index in [1.165, 1.54) is 12.3 Å². The molecule has 0 saturated heterocycles. The van der Waals surface area contributed by atoms with Crippen molar-refractivity contribution in [1.82, 2.24) is 10.6 Å². The Morgan fingerprint density at radius 2 is 1.83 bits per heavy atom. The third kappa shape index (κ3) is 5.82. The molecule has 0 aliphatic heterocycles. The van der Waals surface area contributed by atoms with Crippen molar-refractivity contribution in [2.24, 2.45) is 0 Å². The third-order valence-corrected chi connectivity index (χ3v) is 4.13. The normalized spacial score (nSPS) is 12.3. The van der Waals surface area contributed by atoms with Gasteiger partial charge in [0.25, 0.3) is 5.91 Å². The second kappa shape index (κ2) is 8.40. The van der Waals surface area contributed by atoms with Crippen LogP contribution in [-0.4, -0.2) is 21.0 Å². The highest BCUT2D eigenvalue weighted by Gasteiger charge is 2.35. The fourth-order valence-corrected chi connectivity index (χ4v) is 2.47. The van der Waals surface area contributed by atoms with Gasteiger partial charge in [-0.2, -0.15) is 0 Å². The highest BCUT2D eigenvalue weighted by atomic mass is 79.9. The van der Waals surface area contributed by atoms with E-state index in [2.05, 4.69) is 31.9 Å². The lowest BCUT2D eigenvalue weighted by molar-refractivity contribution is 0.0906. The van der Waals surface area contributed by atoms with Gasteiger partial charge in [0.15, 0.2) is 10.9 Å². The molecule has 1 atom stereocenters. The van der Waals surface area contributed by atoms with E-state index in [4.69, 9.17) is 51.4 Å². The Bertz CT molecular complexity index is 705. The van der Waals surface area contributed by atoms with Crippen molar-refractivity contribution in [3.63, 3.8) is 0 Å². The standard InChI is InChI=1S/C14H11BrCl3N3O2S/c15-8-3-5-9(6-4-8)19-13(24)21-12(14(16,17)18)20-11(22)10-2-1-7-23-10/h1-7,12H,(H,20,22)(H2,19,21,24)/t12-/m1/s1. The number of amides is 1. The van der Waals surface area contributed by atoms with Crippen molar-refractivity contribution in [1.29, 1.82) is 0 Å². The molecule has 1 heterocycles. The molecule has 0 aliphatic carbocycles. The molecular weight excluding hydrogens is 461 g/mol. The van der Waals surface area contributed by atoms with Crippen molar-refractivity contribution < 1.29 is 9.21 Å². The topological polar surface area (TPSA) is 66.3 Å². The number of halogens is 4. The van der Waals surface area contributed by atoms with Crippen LogP contribution in [0.4, 0.5) is 5.69 Å². The molecule has 1 aromatic carbocycles. The zero-order valence-electron chi connectivity index (χ0n) is 11.9. The van der Waals surface area contributed by atoms with Crippen molar-refractivity contribution in [2.45, 2.75) is 9.96 Å². The van der Waals surface area contributed by atoms with Crippen LogP contribution in [0.25, 0.3) is 0 Å². The van der Waals surface area contributed by atoms with Crippen LogP contribution in [0.5, 0.6) is 0 Å². The number of benzene rings is 1. The number of anilines is 1. The number of nitrogens with one attached hydrogen (secondary N) is 3. The van der Waals surface area contributed by atoms with Crippen LogP contribution >= 0.6 is 63.0 Å². The van der Waals surface area contributed by atoms with Gasteiger partial charge in [0.1, 0.15) is 6.17 Å². The first-order valence-corrected chi connectivity index (χ1v) is 8.83.